The van der Waals surface area contributed by atoms with Crippen molar-refractivity contribution < 1.29 is 14.6 Å². The second kappa shape index (κ2) is 6.89. The molecule has 0 radical (unpaired) electrons. The third kappa shape index (κ3) is 4.20. The Hall–Kier alpha value is -1.10. The summed E-state index contributed by atoms with van der Waals surface area (Å²) in [6.45, 7) is 3.45. The van der Waals surface area contributed by atoms with Crippen molar-refractivity contribution in [1.29, 1.82) is 0 Å². The van der Waals surface area contributed by atoms with Crippen molar-refractivity contribution in [2.45, 2.75) is 38.0 Å². The summed E-state index contributed by atoms with van der Waals surface area (Å²) < 4.78 is 10.7. The number of ether oxygens (including phenoxy) is 2. The van der Waals surface area contributed by atoms with E-state index in [2.05, 4.69) is 12.2 Å². The van der Waals surface area contributed by atoms with Crippen LogP contribution in [-0.4, -0.2) is 37.5 Å². The molecule has 0 bridgehead atoms. The van der Waals surface area contributed by atoms with Gasteiger partial charge in [-0.15, -0.1) is 0 Å². The lowest BCUT2D eigenvalue weighted by Gasteiger charge is -2.28. The molecule has 1 aromatic rings. The van der Waals surface area contributed by atoms with Gasteiger partial charge in [-0.05, 0) is 37.5 Å². The summed E-state index contributed by atoms with van der Waals surface area (Å²) >= 11 is 0. The van der Waals surface area contributed by atoms with E-state index in [0.717, 1.165) is 30.8 Å². The van der Waals surface area contributed by atoms with Gasteiger partial charge < -0.3 is 19.9 Å². The molecule has 106 valence electrons. The van der Waals surface area contributed by atoms with Gasteiger partial charge >= 0.3 is 0 Å². The van der Waals surface area contributed by atoms with E-state index >= 15 is 0 Å². The van der Waals surface area contributed by atoms with E-state index in [0.29, 0.717) is 18.7 Å². The summed E-state index contributed by atoms with van der Waals surface area (Å²) in [4.78, 5) is 0. The fourth-order valence-corrected chi connectivity index (χ4v) is 2.43. The number of hydrogen-bond acceptors (Lipinski definition) is 4. The van der Waals surface area contributed by atoms with E-state index in [1.807, 2.05) is 24.3 Å². The third-order valence-electron chi connectivity index (χ3n) is 3.56. The summed E-state index contributed by atoms with van der Waals surface area (Å²) in [5.74, 6) is 0.774. The van der Waals surface area contributed by atoms with Crippen molar-refractivity contribution in [3.63, 3.8) is 0 Å². The Morgan fingerprint density at radius 2 is 2.37 bits per heavy atom. The molecule has 2 rings (SSSR count). The Morgan fingerprint density at radius 3 is 3.11 bits per heavy atom. The van der Waals surface area contributed by atoms with Crippen molar-refractivity contribution in [2.24, 2.45) is 0 Å². The predicted octanol–water partition coefficient (Wildman–Crippen LogP) is 1.89. The number of rotatable bonds is 5. The fourth-order valence-electron chi connectivity index (χ4n) is 2.43. The van der Waals surface area contributed by atoms with Gasteiger partial charge in [-0.2, -0.15) is 0 Å². The number of nitrogens with one attached hydrogen (secondary N) is 1. The Bertz CT molecular complexity index is 397. The van der Waals surface area contributed by atoms with Gasteiger partial charge in [0.15, 0.2) is 0 Å². The predicted molar refractivity (Wildman–Crippen MR) is 74.4 cm³/mol. The second-order valence-corrected chi connectivity index (χ2v) is 5.10. The zero-order valence-corrected chi connectivity index (χ0v) is 11.6. The minimum Gasteiger partial charge on any atom is -0.497 e. The molecule has 1 heterocycles. The largest absolute Gasteiger partial charge is 0.497 e. The van der Waals surface area contributed by atoms with E-state index in [-0.39, 0.29) is 0 Å². The van der Waals surface area contributed by atoms with Gasteiger partial charge in [-0.1, -0.05) is 12.1 Å². The maximum absolute atomic E-state index is 10.2. The number of benzene rings is 1. The van der Waals surface area contributed by atoms with Crippen LogP contribution in [0.3, 0.4) is 0 Å². The molecule has 3 atom stereocenters. The topological polar surface area (TPSA) is 50.7 Å². The highest BCUT2D eigenvalue weighted by molar-refractivity contribution is 5.29. The van der Waals surface area contributed by atoms with Crippen LogP contribution in [0, 0.1) is 0 Å². The molecular weight excluding hydrogens is 242 g/mol. The average Bonchev–Trinajstić information content (AvgIpc) is 2.45. The normalized spacial score (nSPS) is 25.0. The molecule has 0 amide bonds. The highest BCUT2D eigenvalue weighted by Gasteiger charge is 2.19. The van der Waals surface area contributed by atoms with Crippen LogP contribution < -0.4 is 10.1 Å². The van der Waals surface area contributed by atoms with E-state index in [4.69, 9.17) is 9.47 Å². The fraction of sp³-hybridized carbons (Fsp3) is 0.600. The maximum atomic E-state index is 10.2. The van der Waals surface area contributed by atoms with Gasteiger partial charge in [0.25, 0.3) is 0 Å². The number of hydrogen-bond donors (Lipinski definition) is 2. The van der Waals surface area contributed by atoms with E-state index in [1.165, 1.54) is 0 Å². The first kappa shape index (κ1) is 14.3. The van der Waals surface area contributed by atoms with Crippen LogP contribution in [0.1, 0.15) is 31.4 Å². The molecule has 1 aliphatic rings. The summed E-state index contributed by atoms with van der Waals surface area (Å²) in [5.41, 5.74) is 0.881. The summed E-state index contributed by atoms with van der Waals surface area (Å²) in [6, 6.07) is 8.00. The summed E-state index contributed by atoms with van der Waals surface area (Å²) in [7, 11) is 1.63. The van der Waals surface area contributed by atoms with Gasteiger partial charge in [0.1, 0.15) is 5.75 Å². The molecule has 1 aliphatic heterocycles. The summed E-state index contributed by atoms with van der Waals surface area (Å²) in [6.07, 6.45) is 1.81. The minimum atomic E-state index is -0.506. The van der Waals surface area contributed by atoms with E-state index in [1.54, 1.807) is 7.11 Å². The second-order valence-electron chi connectivity index (χ2n) is 5.10. The number of aliphatic hydroxyl groups is 1. The first-order valence-corrected chi connectivity index (χ1v) is 6.86. The SMILES string of the molecule is COc1cccc(C(O)CNC2CCOC(C)C2)c1. The van der Waals surface area contributed by atoms with Gasteiger partial charge in [0.2, 0.25) is 0 Å². The molecule has 19 heavy (non-hydrogen) atoms. The molecule has 2 N–H and O–H groups in total. The molecule has 0 saturated carbocycles. The van der Waals surface area contributed by atoms with Crippen LogP contribution >= 0.6 is 0 Å². The Kier molecular flexibility index (Phi) is 5.19. The highest BCUT2D eigenvalue weighted by Crippen LogP contribution is 2.19. The molecule has 1 saturated heterocycles. The quantitative estimate of drug-likeness (QED) is 0.853. The van der Waals surface area contributed by atoms with Crippen LogP contribution in [0.4, 0.5) is 0 Å². The van der Waals surface area contributed by atoms with Crippen molar-refractivity contribution in [3.05, 3.63) is 29.8 Å². The van der Waals surface area contributed by atoms with Gasteiger partial charge in [-0.3, -0.25) is 0 Å². The molecule has 1 fully saturated rings. The van der Waals surface area contributed by atoms with Crippen LogP contribution in [0.2, 0.25) is 0 Å². The Balaban J connectivity index is 1.84. The smallest absolute Gasteiger partial charge is 0.119 e. The van der Waals surface area contributed by atoms with Crippen molar-refractivity contribution in [2.75, 3.05) is 20.3 Å². The molecule has 0 aromatic heterocycles. The van der Waals surface area contributed by atoms with Crippen LogP contribution in [0.5, 0.6) is 5.75 Å². The molecule has 1 aromatic carbocycles. The summed E-state index contributed by atoms with van der Waals surface area (Å²) in [5, 5.41) is 13.6. The van der Waals surface area contributed by atoms with Crippen LogP contribution in [0.15, 0.2) is 24.3 Å². The van der Waals surface area contributed by atoms with Gasteiger partial charge in [-0.25, -0.2) is 0 Å². The molecule has 4 heteroatoms. The molecular formula is C15H23NO3. The van der Waals surface area contributed by atoms with Crippen LogP contribution in [-0.2, 0) is 4.74 Å². The number of aliphatic hydroxyl groups excluding tert-OH is 1. The first-order chi connectivity index (χ1) is 9.19. The van der Waals surface area contributed by atoms with Crippen molar-refractivity contribution in [1.82, 2.24) is 5.32 Å². The van der Waals surface area contributed by atoms with E-state index in [9.17, 15) is 5.11 Å². The number of methoxy groups -OCH3 is 1. The maximum Gasteiger partial charge on any atom is 0.119 e. The molecule has 0 spiro atoms. The lowest BCUT2D eigenvalue weighted by molar-refractivity contribution is 0.0109. The monoisotopic (exact) mass is 265 g/mol. The first-order valence-electron chi connectivity index (χ1n) is 6.86. The molecule has 0 aliphatic carbocycles. The zero-order chi connectivity index (χ0) is 13.7. The van der Waals surface area contributed by atoms with Gasteiger partial charge in [0.05, 0.1) is 19.3 Å². The zero-order valence-electron chi connectivity index (χ0n) is 11.6. The Labute approximate surface area is 114 Å². The Morgan fingerprint density at radius 1 is 1.53 bits per heavy atom. The van der Waals surface area contributed by atoms with Crippen molar-refractivity contribution in [3.8, 4) is 5.75 Å². The van der Waals surface area contributed by atoms with Crippen molar-refractivity contribution >= 4 is 0 Å². The van der Waals surface area contributed by atoms with Gasteiger partial charge in [0, 0.05) is 19.2 Å². The lowest BCUT2D eigenvalue weighted by atomic mass is 10.0. The third-order valence-corrected chi connectivity index (χ3v) is 3.56. The lowest BCUT2D eigenvalue weighted by Crippen LogP contribution is -2.39. The average molecular weight is 265 g/mol. The molecule has 4 nitrogen and oxygen atoms in total. The van der Waals surface area contributed by atoms with Crippen LogP contribution in [0.25, 0.3) is 0 Å². The highest BCUT2D eigenvalue weighted by atomic mass is 16.5. The molecule has 3 unspecified atom stereocenters. The van der Waals surface area contributed by atoms with E-state index < -0.39 is 6.10 Å². The standard InChI is InChI=1S/C15H23NO3/c1-11-8-13(6-7-19-11)16-10-15(17)12-4-3-5-14(9-12)18-2/h3-5,9,11,13,15-17H,6-8,10H2,1-2H3. The minimum absolute atomic E-state index is 0.306.